The Labute approximate surface area is 220 Å². The van der Waals surface area contributed by atoms with E-state index in [0.717, 1.165) is 35.7 Å². The molecule has 0 aliphatic heterocycles. The van der Waals surface area contributed by atoms with Crippen LogP contribution >= 0.6 is 0 Å². The molecule has 0 radical (unpaired) electrons. The quantitative estimate of drug-likeness (QED) is 0.208. The average Bonchev–Trinajstić information content (AvgIpc) is 2.83. The molecular formula is C27H31N3O8. The highest BCUT2D eigenvalue weighted by Gasteiger charge is 2.00. The second kappa shape index (κ2) is 18.4. The molecule has 0 spiro atoms. The van der Waals surface area contributed by atoms with Gasteiger partial charge in [-0.3, -0.25) is 4.98 Å². The molecule has 0 bridgehead atoms. The van der Waals surface area contributed by atoms with Gasteiger partial charge in [0, 0.05) is 74.7 Å². The predicted octanol–water partition coefficient (Wildman–Crippen LogP) is 2.36. The van der Waals surface area contributed by atoms with E-state index < -0.39 is 23.9 Å². The van der Waals surface area contributed by atoms with Crippen LogP contribution in [0, 0.1) is 0 Å². The minimum atomic E-state index is -1.07. The van der Waals surface area contributed by atoms with Gasteiger partial charge in [-0.1, -0.05) is 42.5 Å². The van der Waals surface area contributed by atoms with Crippen LogP contribution in [0.1, 0.15) is 11.4 Å². The number of allylic oxidation sites excluding steroid dienone is 2. The topological polar surface area (TPSA) is 169 Å². The van der Waals surface area contributed by atoms with E-state index in [1.54, 1.807) is 22.2 Å². The summed E-state index contributed by atoms with van der Waals surface area (Å²) in [6.45, 7) is 1.13. The van der Waals surface area contributed by atoms with E-state index in [1.807, 2.05) is 30.4 Å². The fraction of sp³-hybridized carbons (Fsp3) is 0.222. The summed E-state index contributed by atoms with van der Waals surface area (Å²) in [4.78, 5) is 50.9. The molecule has 0 saturated carbocycles. The molecule has 4 N–H and O–H groups in total. The summed E-state index contributed by atoms with van der Waals surface area (Å²) in [7, 11) is 0. The maximum atomic E-state index is 10.7. The number of aliphatic carboxylic acids is 4. The third kappa shape index (κ3) is 16.7. The van der Waals surface area contributed by atoms with Crippen LogP contribution in [-0.4, -0.2) is 85.3 Å². The van der Waals surface area contributed by atoms with Crippen LogP contribution in [0.3, 0.4) is 0 Å². The maximum Gasteiger partial charge on any atom is 0.328 e. The number of carbonyl (C=O) groups is 4. The van der Waals surface area contributed by atoms with Gasteiger partial charge in [0.25, 0.3) is 0 Å². The SMILES string of the molecule is O=C(O)C=CCN(C=CCc1cccc(CC=CN(CC=CC(=O)O)CC=CC(=O)O)n1)CC=CC(=O)O. The Hall–Kier alpha value is -4.93. The van der Waals surface area contributed by atoms with E-state index in [4.69, 9.17) is 20.4 Å². The van der Waals surface area contributed by atoms with Gasteiger partial charge in [-0.15, -0.1) is 0 Å². The van der Waals surface area contributed by atoms with Gasteiger partial charge in [0.2, 0.25) is 0 Å². The summed E-state index contributed by atoms with van der Waals surface area (Å²) >= 11 is 0. The smallest absolute Gasteiger partial charge is 0.328 e. The molecule has 0 aromatic carbocycles. The van der Waals surface area contributed by atoms with Crippen LogP contribution < -0.4 is 0 Å². The lowest BCUT2D eigenvalue weighted by Crippen LogP contribution is -2.18. The lowest BCUT2D eigenvalue weighted by atomic mass is 10.2. The number of rotatable bonds is 18. The van der Waals surface area contributed by atoms with Crippen LogP contribution in [-0.2, 0) is 32.0 Å². The number of aromatic nitrogens is 1. The van der Waals surface area contributed by atoms with Crippen molar-refractivity contribution in [2.45, 2.75) is 12.8 Å². The summed E-state index contributed by atoms with van der Waals surface area (Å²) in [5.74, 6) is -4.27. The molecule has 0 aliphatic rings. The summed E-state index contributed by atoms with van der Waals surface area (Å²) in [5, 5.41) is 35.0. The zero-order valence-electron chi connectivity index (χ0n) is 20.7. The lowest BCUT2D eigenvalue weighted by Gasteiger charge is -2.16. The molecule has 0 amide bonds. The lowest BCUT2D eigenvalue weighted by molar-refractivity contribution is -0.132. The highest BCUT2D eigenvalue weighted by atomic mass is 16.4. The molecule has 0 atom stereocenters. The summed E-state index contributed by atoms with van der Waals surface area (Å²) in [6, 6.07) is 5.58. The molecule has 1 aromatic rings. The van der Waals surface area contributed by atoms with E-state index in [9.17, 15) is 19.2 Å². The fourth-order valence-electron chi connectivity index (χ4n) is 2.95. The van der Waals surface area contributed by atoms with Crippen molar-refractivity contribution in [3.63, 3.8) is 0 Å². The van der Waals surface area contributed by atoms with Gasteiger partial charge in [0.05, 0.1) is 0 Å². The number of carboxylic acid groups (broad SMARTS) is 4. The van der Waals surface area contributed by atoms with Crippen molar-refractivity contribution >= 4 is 23.9 Å². The van der Waals surface area contributed by atoms with Crippen molar-refractivity contribution in [1.82, 2.24) is 14.8 Å². The summed E-state index contributed by atoms with van der Waals surface area (Å²) < 4.78 is 0. The highest BCUT2D eigenvalue weighted by Crippen LogP contribution is 2.05. The van der Waals surface area contributed by atoms with Crippen LogP contribution in [0.15, 0.2) is 91.4 Å². The van der Waals surface area contributed by atoms with Crippen molar-refractivity contribution in [3.05, 3.63) is 103 Å². The summed E-state index contributed by atoms with van der Waals surface area (Å²) in [5.41, 5.74) is 1.58. The van der Waals surface area contributed by atoms with E-state index in [0.29, 0.717) is 12.8 Å². The van der Waals surface area contributed by atoms with Crippen molar-refractivity contribution in [2.24, 2.45) is 0 Å². The number of hydrogen-bond donors (Lipinski definition) is 4. The third-order valence-electron chi connectivity index (χ3n) is 4.55. The van der Waals surface area contributed by atoms with Crippen molar-refractivity contribution < 1.29 is 39.6 Å². The average molecular weight is 526 g/mol. The van der Waals surface area contributed by atoms with Crippen LogP contribution in [0.2, 0.25) is 0 Å². The molecule has 1 heterocycles. The maximum absolute atomic E-state index is 10.7. The fourth-order valence-corrected chi connectivity index (χ4v) is 2.95. The van der Waals surface area contributed by atoms with Crippen molar-refractivity contribution in [3.8, 4) is 0 Å². The van der Waals surface area contributed by atoms with Crippen LogP contribution in [0.4, 0.5) is 0 Å². The van der Waals surface area contributed by atoms with E-state index >= 15 is 0 Å². The third-order valence-corrected chi connectivity index (χ3v) is 4.55. The molecule has 202 valence electrons. The molecule has 0 unspecified atom stereocenters. The van der Waals surface area contributed by atoms with Crippen LogP contribution in [0.25, 0.3) is 0 Å². The van der Waals surface area contributed by atoms with Crippen molar-refractivity contribution in [2.75, 3.05) is 26.2 Å². The second-order valence-electron chi connectivity index (χ2n) is 7.67. The predicted molar refractivity (Wildman–Crippen MR) is 140 cm³/mol. The number of nitrogens with zero attached hydrogens (tertiary/aromatic N) is 3. The Kier molecular flexibility index (Phi) is 15.0. The van der Waals surface area contributed by atoms with Gasteiger partial charge in [-0.2, -0.15) is 0 Å². The van der Waals surface area contributed by atoms with Crippen molar-refractivity contribution in [1.29, 1.82) is 0 Å². The first-order valence-electron chi connectivity index (χ1n) is 11.5. The largest absolute Gasteiger partial charge is 0.478 e. The normalized spacial score (nSPS) is 12.0. The molecule has 0 fully saturated rings. The Morgan fingerprint density at radius 2 is 0.895 bits per heavy atom. The zero-order chi connectivity index (χ0) is 28.2. The molecule has 1 aromatic heterocycles. The number of hydrogen-bond acceptors (Lipinski definition) is 7. The Morgan fingerprint density at radius 3 is 1.18 bits per heavy atom. The van der Waals surface area contributed by atoms with Gasteiger partial charge < -0.3 is 30.2 Å². The molecule has 0 aliphatic carbocycles. The van der Waals surface area contributed by atoms with Gasteiger partial charge >= 0.3 is 23.9 Å². The van der Waals surface area contributed by atoms with Gasteiger partial charge in [0.1, 0.15) is 0 Å². The first kappa shape index (κ1) is 31.1. The van der Waals surface area contributed by atoms with Gasteiger partial charge in [0.15, 0.2) is 0 Å². The Morgan fingerprint density at radius 1 is 0.579 bits per heavy atom. The van der Waals surface area contributed by atoms with E-state index in [2.05, 4.69) is 4.98 Å². The van der Waals surface area contributed by atoms with Crippen LogP contribution in [0.5, 0.6) is 0 Å². The molecule has 11 nitrogen and oxygen atoms in total. The van der Waals surface area contributed by atoms with E-state index in [1.165, 1.54) is 24.3 Å². The van der Waals surface area contributed by atoms with E-state index in [-0.39, 0.29) is 26.2 Å². The van der Waals surface area contributed by atoms with Gasteiger partial charge in [-0.05, 0) is 24.5 Å². The molecule has 11 heteroatoms. The number of pyridine rings is 1. The zero-order valence-corrected chi connectivity index (χ0v) is 20.7. The Bertz CT molecular complexity index is 984. The standard InChI is InChI=1S/C27H31N3O8/c31-24(32)12-4-18-29(19-5-13-25(33)34)16-2-10-22-8-1-9-23(28-22)11-3-17-30(20-6-14-26(35)36)21-7-15-27(37)38/h1-9,12-17H,10-11,18-21H2,(H,31,32)(H,33,34)(H,35,36)(H,37,38). The van der Waals surface area contributed by atoms with Gasteiger partial charge in [-0.25, -0.2) is 19.2 Å². The minimum Gasteiger partial charge on any atom is -0.478 e. The summed E-state index contributed by atoms with van der Waals surface area (Å²) in [6.07, 6.45) is 18.1. The second-order valence-corrected chi connectivity index (χ2v) is 7.67. The molecule has 0 saturated heterocycles. The highest BCUT2D eigenvalue weighted by molar-refractivity contribution is 5.80. The number of carboxylic acids is 4. The first-order valence-corrected chi connectivity index (χ1v) is 11.5. The first-order chi connectivity index (χ1) is 18.2. The molecular weight excluding hydrogens is 494 g/mol. The molecule has 1 rings (SSSR count). The Balaban J connectivity index is 2.80. The monoisotopic (exact) mass is 525 g/mol. The minimum absolute atomic E-state index is 0.283. The molecule has 38 heavy (non-hydrogen) atoms.